The summed E-state index contributed by atoms with van der Waals surface area (Å²) >= 11 is 0. The highest BCUT2D eigenvalue weighted by atomic mass is 19.1. The van der Waals surface area contributed by atoms with E-state index in [4.69, 9.17) is 14.7 Å². The molecule has 0 radical (unpaired) electrons. The number of carbonyl (C=O) groups excluding carboxylic acids is 1. The lowest BCUT2D eigenvalue weighted by atomic mass is 9.81. The Hall–Kier alpha value is -3.34. The van der Waals surface area contributed by atoms with Crippen molar-refractivity contribution >= 4 is 11.7 Å². The summed E-state index contributed by atoms with van der Waals surface area (Å²) in [5.41, 5.74) is 0.595. The third-order valence-electron chi connectivity index (χ3n) is 5.92. The first kappa shape index (κ1) is 20.9. The van der Waals surface area contributed by atoms with E-state index < -0.39 is 0 Å². The highest BCUT2D eigenvalue weighted by Crippen LogP contribution is 2.36. The molecule has 0 bridgehead atoms. The molecule has 1 saturated carbocycles. The average molecular weight is 424 g/mol. The topological polar surface area (TPSA) is 87.5 Å². The number of rotatable bonds is 6. The van der Waals surface area contributed by atoms with E-state index in [-0.39, 0.29) is 29.8 Å². The minimum Gasteiger partial charge on any atom is -0.493 e. The maximum Gasteiger partial charge on any atom is 0.223 e. The van der Waals surface area contributed by atoms with Crippen LogP contribution in [-0.4, -0.2) is 43.2 Å². The Balaban J connectivity index is 1.22. The molecule has 1 aromatic carbocycles. The summed E-state index contributed by atoms with van der Waals surface area (Å²) in [5, 5.41) is 12.2. The van der Waals surface area contributed by atoms with E-state index in [0.717, 1.165) is 31.7 Å². The normalized spacial score (nSPS) is 21.0. The van der Waals surface area contributed by atoms with Crippen LogP contribution in [0.4, 0.5) is 10.2 Å². The van der Waals surface area contributed by atoms with Crippen molar-refractivity contribution in [2.75, 3.05) is 25.1 Å². The van der Waals surface area contributed by atoms with Gasteiger partial charge in [0, 0.05) is 37.3 Å². The molecule has 31 heavy (non-hydrogen) atoms. The molecule has 2 aromatic rings. The van der Waals surface area contributed by atoms with Crippen LogP contribution in [0.3, 0.4) is 0 Å². The smallest absolute Gasteiger partial charge is 0.223 e. The molecule has 1 saturated heterocycles. The van der Waals surface area contributed by atoms with E-state index in [9.17, 15) is 9.18 Å². The standard InChI is InChI=1S/C23H25FN4O3/c1-30-20-3-2-17(24)13-21(20)31-19-11-16(12-19)23(29)27-18-5-8-28(9-6-18)22-10-15(14-25)4-7-26-22/h2-4,7,10,13,16,18-19H,5-6,8-9,11-12H2,1H3,(H,27,29)/t16-,19-. The monoisotopic (exact) mass is 424 g/mol. The third kappa shape index (κ3) is 4.88. The molecule has 2 fully saturated rings. The third-order valence-corrected chi connectivity index (χ3v) is 5.92. The molecule has 0 atom stereocenters. The van der Waals surface area contributed by atoms with E-state index >= 15 is 0 Å². The summed E-state index contributed by atoms with van der Waals surface area (Å²) < 4.78 is 24.5. The summed E-state index contributed by atoms with van der Waals surface area (Å²) in [4.78, 5) is 19.1. The van der Waals surface area contributed by atoms with Gasteiger partial charge in [-0.25, -0.2) is 9.37 Å². The number of nitrogens with zero attached hydrogens (tertiary/aromatic N) is 3. The summed E-state index contributed by atoms with van der Waals surface area (Å²) in [5.74, 6) is 1.23. The Morgan fingerprint density at radius 3 is 2.71 bits per heavy atom. The maximum atomic E-state index is 13.5. The van der Waals surface area contributed by atoms with Crippen LogP contribution < -0.4 is 19.7 Å². The van der Waals surface area contributed by atoms with Crippen LogP contribution in [0.2, 0.25) is 0 Å². The van der Waals surface area contributed by atoms with Gasteiger partial charge >= 0.3 is 0 Å². The van der Waals surface area contributed by atoms with Gasteiger partial charge in [-0.1, -0.05) is 0 Å². The zero-order valence-electron chi connectivity index (χ0n) is 17.4. The molecule has 8 heteroatoms. The molecule has 1 aromatic heterocycles. The van der Waals surface area contributed by atoms with Crippen LogP contribution in [0.25, 0.3) is 0 Å². The first-order chi connectivity index (χ1) is 15.1. The molecule has 162 valence electrons. The van der Waals surface area contributed by atoms with Gasteiger partial charge in [-0.2, -0.15) is 5.26 Å². The van der Waals surface area contributed by atoms with Crippen molar-refractivity contribution in [3.8, 4) is 17.6 Å². The lowest BCUT2D eigenvalue weighted by molar-refractivity contribution is -0.131. The van der Waals surface area contributed by atoms with Crippen LogP contribution >= 0.6 is 0 Å². The quantitative estimate of drug-likeness (QED) is 0.767. The maximum absolute atomic E-state index is 13.5. The van der Waals surface area contributed by atoms with Crippen molar-refractivity contribution < 1.29 is 18.7 Å². The zero-order valence-corrected chi connectivity index (χ0v) is 17.4. The lowest BCUT2D eigenvalue weighted by Gasteiger charge is -2.37. The predicted molar refractivity (Wildman–Crippen MR) is 112 cm³/mol. The lowest BCUT2D eigenvalue weighted by Crippen LogP contribution is -2.50. The molecule has 7 nitrogen and oxygen atoms in total. The van der Waals surface area contributed by atoms with Gasteiger partial charge in [0.15, 0.2) is 11.5 Å². The Labute approximate surface area is 180 Å². The van der Waals surface area contributed by atoms with E-state index in [1.165, 1.54) is 25.3 Å². The fourth-order valence-corrected chi connectivity index (χ4v) is 4.03. The van der Waals surface area contributed by atoms with Crippen molar-refractivity contribution in [2.24, 2.45) is 5.92 Å². The van der Waals surface area contributed by atoms with E-state index in [2.05, 4.69) is 21.3 Å². The fourth-order valence-electron chi connectivity index (χ4n) is 4.03. The highest BCUT2D eigenvalue weighted by molar-refractivity contribution is 5.80. The molecular weight excluding hydrogens is 399 g/mol. The Kier molecular flexibility index (Phi) is 6.21. The molecule has 2 aliphatic rings. The number of piperidine rings is 1. The number of hydrogen-bond acceptors (Lipinski definition) is 6. The number of nitriles is 1. The van der Waals surface area contributed by atoms with E-state index in [1.807, 2.05) is 0 Å². The Morgan fingerprint density at radius 1 is 1.23 bits per heavy atom. The molecule has 1 N–H and O–H groups in total. The number of carbonyl (C=O) groups is 1. The second kappa shape index (κ2) is 9.21. The summed E-state index contributed by atoms with van der Waals surface area (Å²) in [6, 6.07) is 9.91. The summed E-state index contributed by atoms with van der Waals surface area (Å²) in [7, 11) is 1.51. The van der Waals surface area contributed by atoms with Gasteiger partial charge in [0.2, 0.25) is 5.91 Å². The summed E-state index contributed by atoms with van der Waals surface area (Å²) in [6.45, 7) is 1.56. The first-order valence-electron chi connectivity index (χ1n) is 10.5. The molecule has 1 amide bonds. The molecule has 0 unspecified atom stereocenters. The first-order valence-corrected chi connectivity index (χ1v) is 10.5. The number of halogens is 1. The van der Waals surface area contributed by atoms with Gasteiger partial charge < -0.3 is 19.7 Å². The number of amides is 1. The van der Waals surface area contributed by atoms with Gasteiger partial charge in [0.05, 0.1) is 18.7 Å². The Bertz CT molecular complexity index is 979. The fraction of sp³-hybridized carbons (Fsp3) is 0.435. The molecule has 1 aliphatic carbocycles. The number of ether oxygens (including phenoxy) is 2. The number of anilines is 1. The number of hydrogen-bond donors (Lipinski definition) is 1. The molecule has 1 aliphatic heterocycles. The number of aromatic nitrogens is 1. The molecule has 2 heterocycles. The minimum atomic E-state index is -0.384. The van der Waals surface area contributed by atoms with Gasteiger partial charge in [-0.15, -0.1) is 0 Å². The largest absolute Gasteiger partial charge is 0.493 e. The number of nitrogens with one attached hydrogen (secondary N) is 1. The van der Waals surface area contributed by atoms with Crippen LogP contribution in [0.15, 0.2) is 36.5 Å². The minimum absolute atomic E-state index is 0.0501. The van der Waals surface area contributed by atoms with Crippen LogP contribution in [-0.2, 0) is 4.79 Å². The van der Waals surface area contributed by atoms with Crippen LogP contribution in [0.1, 0.15) is 31.2 Å². The van der Waals surface area contributed by atoms with Crippen molar-refractivity contribution in [3.05, 3.63) is 47.9 Å². The number of methoxy groups -OCH3 is 1. The van der Waals surface area contributed by atoms with E-state index in [0.29, 0.717) is 29.9 Å². The second-order valence-corrected chi connectivity index (χ2v) is 7.99. The van der Waals surface area contributed by atoms with Crippen molar-refractivity contribution in [1.29, 1.82) is 5.26 Å². The van der Waals surface area contributed by atoms with Gasteiger partial charge in [-0.05, 0) is 49.9 Å². The van der Waals surface area contributed by atoms with Crippen molar-refractivity contribution in [3.63, 3.8) is 0 Å². The molecule has 0 spiro atoms. The number of benzene rings is 1. The number of pyridine rings is 1. The molecular formula is C23H25FN4O3. The van der Waals surface area contributed by atoms with Crippen LogP contribution in [0, 0.1) is 23.1 Å². The Morgan fingerprint density at radius 2 is 2.00 bits per heavy atom. The summed E-state index contributed by atoms with van der Waals surface area (Å²) in [6.07, 6.45) is 4.40. The average Bonchev–Trinajstić information content (AvgIpc) is 2.76. The van der Waals surface area contributed by atoms with Crippen molar-refractivity contribution in [1.82, 2.24) is 10.3 Å². The van der Waals surface area contributed by atoms with Gasteiger partial charge in [0.25, 0.3) is 0 Å². The van der Waals surface area contributed by atoms with Crippen LogP contribution in [0.5, 0.6) is 11.5 Å². The SMILES string of the molecule is COc1ccc(F)cc1O[C@H]1C[C@H](C(=O)NC2CCN(c3cc(C#N)ccn3)CC2)C1. The zero-order chi connectivity index (χ0) is 21.8. The van der Waals surface area contributed by atoms with E-state index in [1.54, 1.807) is 18.3 Å². The van der Waals surface area contributed by atoms with Gasteiger partial charge in [0.1, 0.15) is 17.7 Å². The second-order valence-electron chi connectivity index (χ2n) is 7.99. The molecule has 4 rings (SSSR count). The van der Waals surface area contributed by atoms with Crippen molar-refractivity contribution in [2.45, 2.75) is 37.8 Å². The highest BCUT2D eigenvalue weighted by Gasteiger charge is 2.37. The predicted octanol–water partition coefficient (Wildman–Crippen LogP) is 3.04. The van der Waals surface area contributed by atoms with Gasteiger partial charge in [-0.3, -0.25) is 4.79 Å².